The second-order valence-corrected chi connectivity index (χ2v) is 3.19. The molecule has 0 atom stereocenters. The van der Waals surface area contributed by atoms with Crippen molar-refractivity contribution in [2.24, 2.45) is 0 Å². The molecule has 0 aliphatic heterocycles. The zero-order chi connectivity index (χ0) is 9.26. The summed E-state index contributed by atoms with van der Waals surface area (Å²) in [5.74, 6) is -0.0944. The number of amides is 1. The van der Waals surface area contributed by atoms with Crippen molar-refractivity contribution in [3.05, 3.63) is 35.3 Å². The van der Waals surface area contributed by atoms with Crippen molar-refractivity contribution in [1.29, 1.82) is 0 Å². The van der Waals surface area contributed by atoms with Gasteiger partial charge < -0.3 is 10.5 Å². The van der Waals surface area contributed by atoms with Crippen LogP contribution >= 0.6 is 0 Å². The van der Waals surface area contributed by atoms with Crippen molar-refractivity contribution >= 4 is 5.91 Å². The average molecular weight is 178 g/mol. The lowest BCUT2D eigenvalue weighted by atomic mass is 10.2. The number of nitrogens with zero attached hydrogens (tertiary/aromatic N) is 1. The second kappa shape index (κ2) is 3.05. The molecule has 2 rings (SSSR count). The molecule has 1 aliphatic rings. The Balaban J connectivity index is 2.05. The molecule has 4 heteroatoms. The Kier molecular flexibility index (Phi) is 1.88. The van der Waals surface area contributed by atoms with Gasteiger partial charge in [-0.05, 0) is 12.8 Å². The number of carbonyl (C=O) groups excluding carboxylic acids is 1. The summed E-state index contributed by atoms with van der Waals surface area (Å²) < 4.78 is 0.661. The van der Waals surface area contributed by atoms with Crippen molar-refractivity contribution in [1.82, 2.24) is 5.32 Å². The minimum atomic E-state index is -0.0944. The van der Waals surface area contributed by atoms with E-state index in [9.17, 15) is 10.0 Å². The zero-order valence-corrected chi connectivity index (χ0v) is 7.06. The molecule has 1 fully saturated rings. The molecule has 13 heavy (non-hydrogen) atoms. The third-order valence-corrected chi connectivity index (χ3v) is 1.98. The zero-order valence-electron chi connectivity index (χ0n) is 7.06. The van der Waals surface area contributed by atoms with E-state index in [1.165, 1.54) is 24.5 Å². The van der Waals surface area contributed by atoms with Gasteiger partial charge in [-0.2, -0.15) is 4.73 Å². The number of carbonyl (C=O) groups is 1. The van der Waals surface area contributed by atoms with Crippen molar-refractivity contribution in [2.45, 2.75) is 18.9 Å². The highest BCUT2D eigenvalue weighted by atomic mass is 16.5. The van der Waals surface area contributed by atoms with Gasteiger partial charge in [0.25, 0.3) is 5.91 Å². The van der Waals surface area contributed by atoms with E-state index in [4.69, 9.17) is 0 Å². The van der Waals surface area contributed by atoms with Crippen LogP contribution in [-0.4, -0.2) is 11.9 Å². The molecule has 1 saturated carbocycles. The van der Waals surface area contributed by atoms with Crippen LogP contribution < -0.4 is 10.0 Å². The van der Waals surface area contributed by atoms with E-state index in [1.54, 1.807) is 0 Å². The second-order valence-electron chi connectivity index (χ2n) is 3.19. The number of rotatable bonds is 2. The van der Waals surface area contributed by atoms with Crippen LogP contribution in [0.25, 0.3) is 0 Å². The minimum absolute atomic E-state index is 0.0944. The first-order valence-electron chi connectivity index (χ1n) is 4.25. The summed E-state index contributed by atoms with van der Waals surface area (Å²) in [7, 11) is 0. The molecule has 0 spiro atoms. The monoisotopic (exact) mass is 178 g/mol. The van der Waals surface area contributed by atoms with Crippen LogP contribution in [0.15, 0.2) is 24.5 Å². The molecular weight excluding hydrogens is 168 g/mol. The van der Waals surface area contributed by atoms with E-state index in [0.29, 0.717) is 16.3 Å². The van der Waals surface area contributed by atoms with E-state index in [1.807, 2.05) is 0 Å². The molecule has 0 saturated heterocycles. The molecule has 0 bridgehead atoms. The van der Waals surface area contributed by atoms with Crippen LogP contribution in [0, 0.1) is 5.21 Å². The first-order valence-corrected chi connectivity index (χ1v) is 4.25. The van der Waals surface area contributed by atoms with E-state index in [-0.39, 0.29) is 5.91 Å². The van der Waals surface area contributed by atoms with Crippen LogP contribution in [-0.2, 0) is 0 Å². The third kappa shape index (κ3) is 1.96. The van der Waals surface area contributed by atoms with Crippen LogP contribution in [0.1, 0.15) is 23.2 Å². The lowest BCUT2D eigenvalue weighted by Crippen LogP contribution is -2.28. The Morgan fingerprint density at radius 2 is 2.08 bits per heavy atom. The summed E-state index contributed by atoms with van der Waals surface area (Å²) in [6, 6.07) is 3.39. The maximum Gasteiger partial charge on any atom is 0.251 e. The largest absolute Gasteiger partial charge is 0.619 e. The molecule has 0 aromatic carbocycles. The maximum atomic E-state index is 11.4. The Morgan fingerprint density at radius 3 is 2.62 bits per heavy atom. The molecule has 1 heterocycles. The summed E-state index contributed by atoms with van der Waals surface area (Å²) >= 11 is 0. The van der Waals surface area contributed by atoms with Crippen LogP contribution in [0.3, 0.4) is 0 Å². The molecule has 68 valence electrons. The quantitative estimate of drug-likeness (QED) is 0.520. The summed E-state index contributed by atoms with van der Waals surface area (Å²) in [6.45, 7) is 0. The molecule has 1 aliphatic carbocycles. The van der Waals surface area contributed by atoms with Crippen molar-refractivity contribution in [3.63, 3.8) is 0 Å². The van der Waals surface area contributed by atoms with E-state index in [0.717, 1.165) is 12.8 Å². The number of pyridine rings is 1. The Morgan fingerprint density at radius 1 is 1.46 bits per heavy atom. The van der Waals surface area contributed by atoms with E-state index in [2.05, 4.69) is 5.32 Å². The first kappa shape index (κ1) is 8.04. The fraction of sp³-hybridized carbons (Fsp3) is 0.333. The van der Waals surface area contributed by atoms with Crippen LogP contribution in [0.4, 0.5) is 0 Å². The van der Waals surface area contributed by atoms with Crippen LogP contribution in [0.5, 0.6) is 0 Å². The molecule has 0 unspecified atom stereocenters. The van der Waals surface area contributed by atoms with Crippen LogP contribution in [0.2, 0.25) is 0 Å². The Hall–Kier alpha value is -1.58. The molecule has 1 aromatic heterocycles. The summed E-state index contributed by atoms with van der Waals surface area (Å²) in [4.78, 5) is 11.4. The molecule has 4 nitrogen and oxygen atoms in total. The minimum Gasteiger partial charge on any atom is -0.619 e. The van der Waals surface area contributed by atoms with Gasteiger partial charge in [-0.15, -0.1) is 0 Å². The predicted octanol–water partition coefficient (Wildman–Crippen LogP) is 0.212. The van der Waals surface area contributed by atoms with Gasteiger partial charge in [0.1, 0.15) is 0 Å². The fourth-order valence-corrected chi connectivity index (χ4v) is 1.06. The van der Waals surface area contributed by atoms with Crippen molar-refractivity contribution in [3.8, 4) is 0 Å². The third-order valence-electron chi connectivity index (χ3n) is 1.98. The lowest BCUT2D eigenvalue weighted by Gasteiger charge is -2.01. The van der Waals surface area contributed by atoms with Crippen molar-refractivity contribution < 1.29 is 9.52 Å². The molecule has 1 amide bonds. The molecule has 0 radical (unpaired) electrons. The van der Waals surface area contributed by atoms with Gasteiger partial charge in [-0.25, -0.2) is 0 Å². The van der Waals surface area contributed by atoms with Gasteiger partial charge in [0, 0.05) is 18.2 Å². The van der Waals surface area contributed by atoms with Crippen molar-refractivity contribution in [2.75, 3.05) is 0 Å². The number of aromatic nitrogens is 1. The summed E-state index contributed by atoms with van der Waals surface area (Å²) in [6.07, 6.45) is 4.78. The normalized spacial score (nSPS) is 15.4. The summed E-state index contributed by atoms with van der Waals surface area (Å²) in [5.41, 5.74) is 0.541. The highest BCUT2D eigenvalue weighted by Crippen LogP contribution is 2.19. The topological polar surface area (TPSA) is 56.0 Å². The maximum absolute atomic E-state index is 11.4. The van der Waals surface area contributed by atoms with Gasteiger partial charge >= 0.3 is 0 Å². The van der Waals surface area contributed by atoms with E-state index >= 15 is 0 Å². The first-order chi connectivity index (χ1) is 6.25. The summed E-state index contributed by atoms with van der Waals surface area (Å²) in [5, 5.41) is 13.5. The Bertz CT molecular complexity index is 317. The number of hydrogen-bond acceptors (Lipinski definition) is 2. The van der Waals surface area contributed by atoms with Gasteiger partial charge in [-0.3, -0.25) is 4.79 Å². The Labute approximate surface area is 75.8 Å². The predicted molar refractivity (Wildman–Crippen MR) is 45.9 cm³/mol. The van der Waals surface area contributed by atoms with Gasteiger partial charge in [0.15, 0.2) is 12.4 Å². The SMILES string of the molecule is O=C(NC1CC1)c1cc[n+]([O-])cc1. The smallest absolute Gasteiger partial charge is 0.251 e. The standard InChI is InChI=1S/C9H10N2O2/c12-9(10-8-1-2-8)7-3-5-11(13)6-4-7/h3-6,8H,1-2H2,(H,10,12). The van der Waals surface area contributed by atoms with Gasteiger partial charge in [0.05, 0.1) is 5.56 Å². The molecule has 1 aromatic rings. The number of hydrogen-bond donors (Lipinski definition) is 1. The highest BCUT2D eigenvalue weighted by Gasteiger charge is 2.23. The van der Waals surface area contributed by atoms with Gasteiger partial charge in [0.2, 0.25) is 0 Å². The number of nitrogens with one attached hydrogen (secondary N) is 1. The molecule has 1 N–H and O–H groups in total. The fourth-order valence-electron chi connectivity index (χ4n) is 1.06. The highest BCUT2D eigenvalue weighted by molar-refractivity contribution is 5.94. The van der Waals surface area contributed by atoms with E-state index < -0.39 is 0 Å². The van der Waals surface area contributed by atoms with Gasteiger partial charge in [-0.1, -0.05) is 0 Å². The lowest BCUT2D eigenvalue weighted by molar-refractivity contribution is -0.605. The average Bonchev–Trinajstić information content (AvgIpc) is 2.89. The molecular formula is C9H10N2O2.